The maximum atomic E-state index is 13.2. The van der Waals surface area contributed by atoms with Crippen LogP contribution in [0, 0.1) is 10.1 Å². The second-order valence-electron chi connectivity index (χ2n) is 7.81. The van der Waals surface area contributed by atoms with Crippen molar-refractivity contribution in [3.63, 3.8) is 0 Å². The van der Waals surface area contributed by atoms with Crippen molar-refractivity contribution in [1.29, 1.82) is 0 Å². The van der Waals surface area contributed by atoms with E-state index in [1.165, 1.54) is 23.9 Å². The Balaban J connectivity index is 2.11. The van der Waals surface area contributed by atoms with Crippen LogP contribution in [0.2, 0.25) is 5.02 Å². The average molecular weight is 492 g/mol. The van der Waals surface area contributed by atoms with Crippen LogP contribution in [0.1, 0.15) is 44.7 Å². The van der Waals surface area contributed by atoms with Gasteiger partial charge in [-0.1, -0.05) is 49.7 Å². The number of amides is 2. The predicted octanol–water partition coefficient (Wildman–Crippen LogP) is 5.20. The largest absolute Gasteiger partial charge is 0.352 e. The Hall–Kier alpha value is -2.58. The van der Waals surface area contributed by atoms with Gasteiger partial charge >= 0.3 is 0 Å². The van der Waals surface area contributed by atoms with Crippen LogP contribution in [-0.2, 0) is 21.9 Å². The molecule has 1 N–H and O–H groups in total. The SMILES string of the molecule is CC[C@@H](C)NC(=O)[C@H](CC)N(Cc1ccc(Cl)cc1)C(=O)CSCc1ccc([N+](=O)[O-])cc1. The fraction of sp³-hybridized carbons (Fsp3) is 0.417. The first kappa shape index (κ1) is 26.7. The van der Waals surface area contributed by atoms with Crippen LogP contribution >= 0.6 is 23.4 Å². The normalized spacial score (nSPS) is 12.6. The zero-order valence-electron chi connectivity index (χ0n) is 19.1. The van der Waals surface area contributed by atoms with E-state index in [1.54, 1.807) is 29.2 Å². The second-order valence-corrected chi connectivity index (χ2v) is 9.23. The highest BCUT2D eigenvalue weighted by Crippen LogP contribution is 2.20. The smallest absolute Gasteiger partial charge is 0.269 e. The molecule has 178 valence electrons. The van der Waals surface area contributed by atoms with Gasteiger partial charge in [-0.25, -0.2) is 0 Å². The molecule has 33 heavy (non-hydrogen) atoms. The molecule has 0 aliphatic rings. The molecule has 0 unspecified atom stereocenters. The molecule has 0 aliphatic carbocycles. The number of hydrogen-bond acceptors (Lipinski definition) is 5. The van der Waals surface area contributed by atoms with Gasteiger partial charge in [0.15, 0.2) is 0 Å². The number of nitro benzene ring substituents is 1. The first-order chi connectivity index (χ1) is 15.7. The summed E-state index contributed by atoms with van der Waals surface area (Å²) in [6.45, 7) is 6.14. The van der Waals surface area contributed by atoms with Gasteiger partial charge in [0.2, 0.25) is 11.8 Å². The number of rotatable bonds is 12. The van der Waals surface area contributed by atoms with E-state index in [0.717, 1.165) is 17.5 Å². The first-order valence-electron chi connectivity index (χ1n) is 10.9. The summed E-state index contributed by atoms with van der Waals surface area (Å²) in [6, 6.07) is 13.0. The summed E-state index contributed by atoms with van der Waals surface area (Å²) in [6.07, 6.45) is 1.30. The number of nitrogens with zero attached hydrogens (tertiary/aromatic N) is 2. The molecular formula is C24H30ClN3O4S. The van der Waals surface area contributed by atoms with E-state index >= 15 is 0 Å². The van der Waals surface area contributed by atoms with Gasteiger partial charge in [0.05, 0.1) is 10.7 Å². The highest BCUT2D eigenvalue weighted by Gasteiger charge is 2.29. The minimum atomic E-state index is -0.581. The minimum Gasteiger partial charge on any atom is -0.352 e. The molecule has 2 aromatic rings. The Kier molecular flexibility index (Phi) is 10.7. The number of benzene rings is 2. The number of nitrogens with one attached hydrogen (secondary N) is 1. The molecule has 9 heteroatoms. The number of halogens is 1. The van der Waals surface area contributed by atoms with E-state index in [1.807, 2.05) is 32.9 Å². The van der Waals surface area contributed by atoms with Gasteiger partial charge in [-0.3, -0.25) is 19.7 Å². The van der Waals surface area contributed by atoms with E-state index in [4.69, 9.17) is 11.6 Å². The average Bonchev–Trinajstić information content (AvgIpc) is 2.80. The third kappa shape index (κ3) is 8.37. The molecule has 0 heterocycles. The number of carbonyl (C=O) groups excluding carboxylic acids is 2. The van der Waals surface area contributed by atoms with Gasteiger partial charge in [-0.15, -0.1) is 11.8 Å². The summed E-state index contributed by atoms with van der Waals surface area (Å²) in [4.78, 5) is 38.1. The van der Waals surface area contributed by atoms with E-state index in [2.05, 4.69) is 5.32 Å². The summed E-state index contributed by atoms with van der Waals surface area (Å²) in [5.74, 6) is 0.434. The van der Waals surface area contributed by atoms with E-state index in [-0.39, 0.29) is 29.3 Å². The molecule has 0 saturated carbocycles. The lowest BCUT2D eigenvalue weighted by molar-refractivity contribution is -0.384. The van der Waals surface area contributed by atoms with E-state index < -0.39 is 11.0 Å². The lowest BCUT2D eigenvalue weighted by atomic mass is 10.1. The quantitative estimate of drug-likeness (QED) is 0.325. The van der Waals surface area contributed by atoms with Crippen molar-refractivity contribution in [3.8, 4) is 0 Å². The highest BCUT2D eigenvalue weighted by atomic mass is 35.5. The molecule has 7 nitrogen and oxygen atoms in total. The molecule has 2 rings (SSSR count). The number of non-ortho nitro benzene ring substituents is 1. The topological polar surface area (TPSA) is 92.6 Å². The second kappa shape index (κ2) is 13.2. The fourth-order valence-electron chi connectivity index (χ4n) is 3.20. The number of hydrogen-bond donors (Lipinski definition) is 1. The zero-order valence-corrected chi connectivity index (χ0v) is 20.7. The van der Waals surface area contributed by atoms with Crippen molar-refractivity contribution in [2.75, 3.05) is 5.75 Å². The summed E-state index contributed by atoms with van der Waals surface area (Å²) >= 11 is 7.41. The molecule has 0 bridgehead atoms. The van der Waals surface area contributed by atoms with Gasteiger partial charge in [0.25, 0.3) is 5.69 Å². The van der Waals surface area contributed by atoms with Crippen molar-refractivity contribution in [3.05, 3.63) is 74.8 Å². The van der Waals surface area contributed by atoms with Crippen molar-refractivity contribution in [2.45, 2.75) is 58.0 Å². The number of thioether (sulfide) groups is 1. The Morgan fingerprint density at radius 2 is 1.67 bits per heavy atom. The fourth-order valence-corrected chi connectivity index (χ4v) is 4.20. The van der Waals surface area contributed by atoms with Crippen LogP contribution in [0.3, 0.4) is 0 Å². The summed E-state index contributed by atoms with van der Waals surface area (Å²) in [5.41, 5.74) is 1.82. The molecule has 0 fully saturated rings. The van der Waals surface area contributed by atoms with Crippen LogP contribution in [-0.4, -0.2) is 39.5 Å². The molecule has 2 aromatic carbocycles. The molecule has 2 atom stereocenters. The number of nitro groups is 1. The molecule has 0 aromatic heterocycles. The molecule has 2 amide bonds. The maximum absolute atomic E-state index is 13.2. The molecule has 0 aliphatic heterocycles. The first-order valence-corrected chi connectivity index (χ1v) is 12.4. The van der Waals surface area contributed by atoms with Crippen LogP contribution in [0.25, 0.3) is 0 Å². The predicted molar refractivity (Wildman–Crippen MR) is 133 cm³/mol. The van der Waals surface area contributed by atoms with Gasteiger partial charge in [0.1, 0.15) is 6.04 Å². The molecule has 0 spiro atoms. The summed E-state index contributed by atoms with van der Waals surface area (Å²) < 4.78 is 0. The van der Waals surface area contributed by atoms with Crippen LogP contribution < -0.4 is 5.32 Å². The third-order valence-corrected chi connectivity index (χ3v) is 6.54. The molecule has 0 saturated heterocycles. The van der Waals surface area contributed by atoms with Crippen molar-refractivity contribution in [1.82, 2.24) is 10.2 Å². The summed E-state index contributed by atoms with van der Waals surface area (Å²) in [7, 11) is 0. The van der Waals surface area contributed by atoms with Gasteiger partial charge in [-0.2, -0.15) is 0 Å². The van der Waals surface area contributed by atoms with Crippen molar-refractivity contribution >= 4 is 40.9 Å². The maximum Gasteiger partial charge on any atom is 0.269 e. The molecular weight excluding hydrogens is 462 g/mol. The van der Waals surface area contributed by atoms with Crippen molar-refractivity contribution < 1.29 is 14.5 Å². The van der Waals surface area contributed by atoms with Gasteiger partial charge in [0, 0.05) is 35.5 Å². The van der Waals surface area contributed by atoms with Gasteiger partial charge < -0.3 is 10.2 Å². The summed E-state index contributed by atoms with van der Waals surface area (Å²) in [5, 5.41) is 14.4. The monoisotopic (exact) mass is 491 g/mol. The Morgan fingerprint density at radius 3 is 2.21 bits per heavy atom. The Labute approximate surface area is 204 Å². The van der Waals surface area contributed by atoms with E-state index in [0.29, 0.717) is 23.7 Å². The van der Waals surface area contributed by atoms with Crippen molar-refractivity contribution in [2.24, 2.45) is 0 Å². The van der Waals surface area contributed by atoms with Crippen LogP contribution in [0.15, 0.2) is 48.5 Å². The van der Waals surface area contributed by atoms with E-state index in [9.17, 15) is 19.7 Å². The highest BCUT2D eigenvalue weighted by molar-refractivity contribution is 7.99. The number of carbonyl (C=O) groups is 2. The molecule has 0 radical (unpaired) electrons. The van der Waals surface area contributed by atoms with Gasteiger partial charge in [-0.05, 0) is 43.0 Å². The zero-order chi connectivity index (χ0) is 24.4. The lowest BCUT2D eigenvalue weighted by Gasteiger charge is -2.31. The Morgan fingerprint density at radius 1 is 1.06 bits per heavy atom. The third-order valence-electron chi connectivity index (χ3n) is 5.29. The minimum absolute atomic E-state index is 0.0237. The standard InChI is InChI=1S/C24H30ClN3O4S/c1-4-17(3)26-24(30)22(5-2)27(14-18-6-10-20(25)11-7-18)23(29)16-33-15-19-8-12-21(13-9-19)28(31)32/h6-13,17,22H,4-5,14-16H2,1-3H3,(H,26,30)/t17-,22+/m1/s1. The lowest BCUT2D eigenvalue weighted by Crippen LogP contribution is -2.51. The van der Waals surface area contributed by atoms with Crippen LogP contribution in [0.4, 0.5) is 5.69 Å². The Bertz CT molecular complexity index is 938. The van der Waals surface area contributed by atoms with Crippen LogP contribution in [0.5, 0.6) is 0 Å².